The summed E-state index contributed by atoms with van der Waals surface area (Å²) in [6, 6.07) is 8.46. The summed E-state index contributed by atoms with van der Waals surface area (Å²) in [5.41, 5.74) is 2.54. The maximum absolute atomic E-state index is 6.08. The predicted octanol–water partition coefficient (Wildman–Crippen LogP) is 4.62. The zero-order chi connectivity index (χ0) is 12.4. The van der Waals surface area contributed by atoms with Crippen molar-refractivity contribution in [3.8, 4) is 0 Å². The highest BCUT2D eigenvalue weighted by Gasteiger charge is 2.16. The second kappa shape index (κ2) is 5.69. The lowest BCUT2D eigenvalue weighted by Gasteiger charge is -2.17. The van der Waals surface area contributed by atoms with Crippen LogP contribution in [0.25, 0.3) is 0 Å². The van der Waals surface area contributed by atoms with Gasteiger partial charge in [0.25, 0.3) is 0 Å². The van der Waals surface area contributed by atoms with E-state index in [9.17, 15) is 0 Å². The van der Waals surface area contributed by atoms with Gasteiger partial charge in [-0.05, 0) is 77.3 Å². The SMILES string of the molecule is CNC(c1csc(C)c1)c1cc(Cl)ccc1I. The molecule has 2 aromatic rings. The van der Waals surface area contributed by atoms with E-state index in [1.54, 1.807) is 11.3 Å². The number of nitrogens with one attached hydrogen (secondary N) is 1. The topological polar surface area (TPSA) is 12.0 Å². The van der Waals surface area contributed by atoms with Gasteiger partial charge < -0.3 is 5.32 Å². The molecule has 4 heteroatoms. The third kappa shape index (κ3) is 3.02. The van der Waals surface area contributed by atoms with E-state index in [1.165, 1.54) is 19.6 Å². The number of thiophene rings is 1. The average Bonchev–Trinajstić information content (AvgIpc) is 2.71. The smallest absolute Gasteiger partial charge is 0.0593 e. The van der Waals surface area contributed by atoms with Gasteiger partial charge in [0.2, 0.25) is 0 Å². The van der Waals surface area contributed by atoms with Crippen molar-refractivity contribution in [2.45, 2.75) is 13.0 Å². The highest BCUT2D eigenvalue weighted by atomic mass is 127. The van der Waals surface area contributed by atoms with Gasteiger partial charge in [-0.15, -0.1) is 11.3 Å². The number of halogens is 2. The molecule has 0 aliphatic heterocycles. The monoisotopic (exact) mass is 377 g/mol. The van der Waals surface area contributed by atoms with E-state index in [0.29, 0.717) is 0 Å². The van der Waals surface area contributed by atoms with Gasteiger partial charge >= 0.3 is 0 Å². The maximum atomic E-state index is 6.08. The number of hydrogen-bond acceptors (Lipinski definition) is 2. The Kier molecular flexibility index (Phi) is 4.47. The van der Waals surface area contributed by atoms with Gasteiger partial charge in [0.15, 0.2) is 0 Å². The average molecular weight is 378 g/mol. The van der Waals surface area contributed by atoms with Crippen LogP contribution in [-0.2, 0) is 0 Å². The summed E-state index contributed by atoms with van der Waals surface area (Å²) >= 11 is 10.2. The number of benzene rings is 1. The first-order valence-corrected chi connectivity index (χ1v) is 7.62. The Bertz CT molecular complexity index is 524. The maximum Gasteiger partial charge on any atom is 0.0593 e. The molecular formula is C13H13ClINS. The molecule has 1 heterocycles. The van der Waals surface area contributed by atoms with E-state index in [4.69, 9.17) is 11.6 Å². The van der Waals surface area contributed by atoms with Crippen LogP contribution in [0.4, 0.5) is 0 Å². The van der Waals surface area contributed by atoms with E-state index in [2.05, 4.69) is 52.3 Å². The van der Waals surface area contributed by atoms with Crippen LogP contribution < -0.4 is 5.32 Å². The first-order chi connectivity index (χ1) is 8.11. The fraction of sp³-hybridized carbons (Fsp3) is 0.231. The number of hydrogen-bond donors (Lipinski definition) is 1. The Labute approximate surface area is 124 Å². The van der Waals surface area contributed by atoms with Gasteiger partial charge in [-0.3, -0.25) is 0 Å². The molecule has 0 aliphatic carbocycles. The standard InChI is InChI=1S/C13H13ClINS/c1-8-5-9(7-17-8)13(16-2)11-6-10(14)3-4-12(11)15/h3-7,13,16H,1-2H3. The highest BCUT2D eigenvalue weighted by Crippen LogP contribution is 2.30. The lowest BCUT2D eigenvalue weighted by atomic mass is 10.0. The summed E-state index contributed by atoms with van der Waals surface area (Å²) in [5.74, 6) is 0. The van der Waals surface area contributed by atoms with Crippen LogP contribution in [0, 0.1) is 10.5 Å². The summed E-state index contributed by atoms with van der Waals surface area (Å²) in [5, 5.41) is 6.35. The minimum absolute atomic E-state index is 0.213. The van der Waals surface area contributed by atoms with Crippen molar-refractivity contribution in [1.29, 1.82) is 0 Å². The fourth-order valence-corrected chi connectivity index (χ4v) is 3.41. The molecule has 1 aromatic carbocycles. The molecule has 17 heavy (non-hydrogen) atoms. The molecule has 1 aromatic heterocycles. The van der Waals surface area contributed by atoms with Crippen LogP contribution in [0.15, 0.2) is 29.6 Å². The van der Waals surface area contributed by atoms with Crippen LogP contribution in [-0.4, -0.2) is 7.05 Å². The molecule has 0 saturated carbocycles. The van der Waals surface area contributed by atoms with Crippen molar-refractivity contribution < 1.29 is 0 Å². The molecule has 1 nitrogen and oxygen atoms in total. The van der Waals surface area contributed by atoms with Gasteiger partial charge in [-0.2, -0.15) is 0 Å². The van der Waals surface area contributed by atoms with E-state index in [0.717, 1.165) is 5.02 Å². The van der Waals surface area contributed by atoms with Gasteiger partial charge in [0.05, 0.1) is 6.04 Å². The molecule has 0 aliphatic rings. The number of aryl methyl sites for hydroxylation is 1. The molecule has 0 bridgehead atoms. The predicted molar refractivity (Wildman–Crippen MR) is 84.1 cm³/mol. The quantitative estimate of drug-likeness (QED) is 0.769. The van der Waals surface area contributed by atoms with Crippen LogP contribution >= 0.6 is 45.5 Å². The van der Waals surface area contributed by atoms with E-state index >= 15 is 0 Å². The second-order valence-electron chi connectivity index (χ2n) is 3.88. The van der Waals surface area contributed by atoms with Crippen molar-refractivity contribution >= 4 is 45.5 Å². The van der Waals surface area contributed by atoms with Crippen LogP contribution in [0.1, 0.15) is 22.0 Å². The minimum Gasteiger partial charge on any atom is -0.309 e. The van der Waals surface area contributed by atoms with Crippen molar-refractivity contribution in [2.75, 3.05) is 7.05 Å². The molecule has 1 N–H and O–H groups in total. The van der Waals surface area contributed by atoms with Gasteiger partial charge in [0, 0.05) is 13.5 Å². The Morgan fingerprint density at radius 1 is 1.35 bits per heavy atom. The molecule has 1 atom stereocenters. The zero-order valence-electron chi connectivity index (χ0n) is 9.63. The molecule has 0 amide bonds. The lowest BCUT2D eigenvalue weighted by Crippen LogP contribution is -2.18. The van der Waals surface area contributed by atoms with Crippen LogP contribution in [0.5, 0.6) is 0 Å². The van der Waals surface area contributed by atoms with Crippen molar-refractivity contribution in [3.63, 3.8) is 0 Å². The molecule has 0 spiro atoms. The third-order valence-corrected chi connectivity index (χ3v) is 4.74. The molecule has 0 saturated heterocycles. The van der Waals surface area contributed by atoms with Crippen molar-refractivity contribution in [2.24, 2.45) is 0 Å². The zero-order valence-corrected chi connectivity index (χ0v) is 13.4. The molecule has 1 unspecified atom stereocenters. The number of rotatable bonds is 3. The van der Waals surface area contributed by atoms with Crippen LogP contribution in [0.2, 0.25) is 5.02 Å². The second-order valence-corrected chi connectivity index (χ2v) is 6.59. The molecular weight excluding hydrogens is 365 g/mol. The Morgan fingerprint density at radius 2 is 2.12 bits per heavy atom. The summed E-state index contributed by atoms with van der Waals surface area (Å²) in [6.45, 7) is 2.13. The Balaban J connectivity index is 2.45. The molecule has 0 radical (unpaired) electrons. The van der Waals surface area contributed by atoms with Gasteiger partial charge in [-0.25, -0.2) is 0 Å². The first kappa shape index (κ1) is 13.3. The normalized spacial score (nSPS) is 12.7. The molecule has 2 rings (SSSR count). The van der Waals surface area contributed by atoms with E-state index < -0.39 is 0 Å². The highest BCUT2D eigenvalue weighted by molar-refractivity contribution is 14.1. The van der Waals surface area contributed by atoms with Crippen molar-refractivity contribution in [3.05, 3.63) is 54.2 Å². The van der Waals surface area contributed by atoms with Gasteiger partial charge in [0.1, 0.15) is 0 Å². The summed E-state index contributed by atoms with van der Waals surface area (Å²) in [6.07, 6.45) is 0. The molecule has 90 valence electrons. The van der Waals surface area contributed by atoms with Crippen LogP contribution in [0.3, 0.4) is 0 Å². The summed E-state index contributed by atoms with van der Waals surface area (Å²) in [4.78, 5) is 1.33. The summed E-state index contributed by atoms with van der Waals surface area (Å²) < 4.78 is 1.23. The van der Waals surface area contributed by atoms with E-state index in [-0.39, 0.29) is 6.04 Å². The lowest BCUT2D eigenvalue weighted by molar-refractivity contribution is 0.691. The van der Waals surface area contributed by atoms with E-state index in [1.807, 2.05) is 19.2 Å². The molecule has 0 fully saturated rings. The third-order valence-electron chi connectivity index (χ3n) is 2.64. The Hall–Kier alpha value is -0.100. The fourth-order valence-electron chi connectivity index (χ4n) is 1.85. The minimum atomic E-state index is 0.213. The first-order valence-electron chi connectivity index (χ1n) is 5.29. The van der Waals surface area contributed by atoms with Crippen molar-refractivity contribution in [1.82, 2.24) is 5.32 Å². The largest absolute Gasteiger partial charge is 0.309 e. The van der Waals surface area contributed by atoms with Gasteiger partial charge in [-0.1, -0.05) is 11.6 Å². The Morgan fingerprint density at radius 3 is 2.71 bits per heavy atom. The summed E-state index contributed by atoms with van der Waals surface area (Å²) in [7, 11) is 1.98.